The quantitative estimate of drug-likeness (QED) is 0.762. The summed E-state index contributed by atoms with van der Waals surface area (Å²) in [6.45, 7) is 1.12. The van der Waals surface area contributed by atoms with Crippen LogP contribution in [0.4, 0.5) is 0 Å². The normalized spacial score (nSPS) is 27.6. The molecular weight excluding hydrogens is 186 g/mol. The Morgan fingerprint density at radius 3 is 2.93 bits per heavy atom. The van der Waals surface area contributed by atoms with Gasteiger partial charge in [-0.05, 0) is 43.4 Å². The van der Waals surface area contributed by atoms with Crippen LogP contribution in [-0.4, -0.2) is 6.54 Å². The van der Waals surface area contributed by atoms with E-state index in [0.29, 0.717) is 6.04 Å². The average molecular weight is 205 g/mol. The van der Waals surface area contributed by atoms with Gasteiger partial charge in [0, 0.05) is 0 Å². The smallest absolute Gasteiger partial charge is 0.124 e. The second kappa shape index (κ2) is 4.01. The number of fused-ring (bicyclic) bond motifs is 1. The van der Waals surface area contributed by atoms with Crippen molar-refractivity contribution in [2.75, 3.05) is 6.54 Å². The molecule has 2 nitrogen and oxygen atoms in total. The van der Waals surface area contributed by atoms with Gasteiger partial charge in [-0.1, -0.05) is 19.3 Å². The van der Waals surface area contributed by atoms with Crippen molar-refractivity contribution in [3.8, 4) is 0 Å². The maximum atomic E-state index is 5.66. The molecule has 2 aliphatic rings. The predicted molar refractivity (Wildman–Crippen MR) is 59.7 cm³/mol. The van der Waals surface area contributed by atoms with Gasteiger partial charge in [0.2, 0.25) is 0 Å². The molecule has 1 aliphatic heterocycles. The Kier molecular flexibility index (Phi) is 2.53. The minimum atomic E-state index is 0.504. The van der Waals surface area contributed by atoms with Crippen molar-refractivity contribution in [3.63, 3.8) is 0 Å². The predicted octanol–water partition coefficient (Wildman–Crippen LogP) is 3.05. The van der Waals surface area contributed by atoms with Crippen molar-refractivity contribution in [1.29, 1.82) is 0 Å². The molecule has 3 rings (SSSR count). The fraction of sp³-hybridized carbons (Fsp3) is 0.692. The van der Waals surface area contributed by atoms with Crippen LogP contribution in [0, 0.1) is 5.92 Å². The van der Waals surface area contributed by atoms with Gasteiger partial charge >= 0.3 is 0 Å². The molecule has 0 spiro atoms. The van der Waals surface area contributed by atoms with Gasteiger partial charge in [0.05, 0.1) is 12.3 Å². The van der Waals surface area contributed by atoms with Gasteiger partial charge < -0.3 is 9.73 Å². The van der Waals surface area contributed by atoms with Crippen LogP contribution in [0.15, 0.2) is 16.7 Å². The minimum Gasteiger partial charge on any atom is -0.467 e. The molecule has 0 saturated heterocycles. The summed E-state index contributed by atoms with van der Waals surface area (Å²) in [5, 5.41) is 3.64. The van der Waals surface area contributed by atoms with Crippen molar-refractivity contribution >= 4 is 0 Å². The minimum absolute atomic E-state index is 0.504. The summed E-state index contributed by atoms with van der Waals surface area (Å²) in [7, 11) is 0. The van der Waals surface area contributed by atoms with Crippen LogP contribution in [0.25, 0.3) is 0 Å². The third-order valence-corrected chi connectivity index (χ3v) is 3.94. The van der Waals surface area contributed by atoms with E-state index in [1.54, 1.807) is 0 Å². The molecule has 82 valence electrons. The highest BCUT2D eigenvalue weighted by Crippen LogP contribution is 2.37. The Morgan fingerprint density at radius 2 is 2.07 bits per heavy atom. The SMILES string of the molecule is c1cc2c(o1)C(C1CCCCC1)NCC2. The van der Waals surface area contributed by atoms with Crippen molar-refractivity contribution in [1.82, 2.24) is 5.32 Å². The van der Waals surface area contributed by atoms with Crippen LogP contribution in [0.2, 0.25) is 0 Å². The maximum absolute atomic E-state index is 5.66. The molecule has 1 N–H and O–H groups in total. The lowest BCUT2D eigenvalue weighted by atomic mass is 9.81. The highest BCUT2D eigenvalue weighted by molar-refractivity contribution is 5.24. The molecule has 0 radical (unpaired) electrons. The van der Waals surface area contributed by atoms with Gasteiger partial charge in [0.1, 0.15) is 5.76 Å². The number of rotatable bonds is 1. The Morgan fingerprint density at radius 1 is 1.20 bits per heavy atom. The number of hydrogen-bond acceptors (Lipinski definition) is 2. The lowest BCUT2D eigenvalue weighted by Crippen LogP contribution is -2.34. The zero-order valence-corrected chi connectivity index (χ0v) is 9.17. The molecule has 1 saturated carbocycles. The van der Waals surface area contributed by atoms with Crippen molar-refractivity contribution in [2.24, 2.45) is 5.92 Å². The summed E-state index contributed by atoms with van der Waals surface area (Å²) in [6.07, 6.45) is 9.96. The Labute approximate surface area is 91.0 Å². The lowest BCUT2D eigenvalue weighted by molar-refractivity contribution is 0.235. The van der Waals surface area contributed by atoms with Gasteiger partial charge in [-0.25, -0.2) is 0 Å². The lowest BCUT2D eigenvalue weighted by Gasteiger charge is -2.32. The summed E-state index contributed by atoms with van der Waals surface area (Å²) >= 11 is 0. The van der Waals surface area contributed by atoms with E-state index in [-0.39, 0.29) is 0 Å². The van der Waals surface area contributed by atoms with Crippen LogP contribution in [0.5, 0.6) is 0 Å². The first-order chi connectivity index (χ1) is 7.45. The fourth-order valence-electron chi connectivity index (χ4n) is 3.13. The molecule has 1 atom stereocenters. The topological polar surface area (TPSA) is 25.2 Å². The molecule has 1 unspecified atom stereocenters. The largest absolute Gasteiger partial charge is 0.467 e. The van der Waals surface area contributed by atoms with Crippen LogP contribution in [-0.2, 0) is 6.42 Å². The molecule has 1 aromatic rings. The van der Waals surface area contributed by atoms with Crippen LogP contribution in [0.1, 0.15) is 49.5 Å². The summed E-state index contributed by atoms with van der Waals surface area (Å²) in [4.78, 5) is 0. The molecule has 0 aromatic carbocycles. The standard InChI is InChI=1S/C13H19NO/c1-2-4-10(5-3-1)12-13-11(6-8-14-12)7-9-15-13/h7,9-10,12,14H,1-6,8H2. The first-order valence-electron chi connectivity index (χ1n) is 6.25. The number of hydrogen-bond donors (Lipinski definition) is 1. The Bertz CT molecular complexity index is 325. The highest BCUT2D eigenvalue weighted by atomic mass is 16.3. The van der Waals surface area contributed by atoms with E-state index in [1.807, 2.05) is 6.26 Å². The van der Waals surface area contributed by atoms with E-state index in [1.165, 1.54) is 43.4 Å². The maximum Gasteiger partial charge on any atom is 0.124 e. The number of furan rings is 1. The summed E-state index contributed by atoms with van der Waals surface area (Å²) in [5.74, 6) is 2.04. The zero-order valence-electron chi connectivity index (χ0n) is 9.17. The summed E-state index contributed by atoms with van der Waals surface area (Å²) in [6, 6.07) is 2.65. The van der Waals surface area contributed by atoms with Crippen LogP contribution >= 0.6 is 0 Å². The van der Waals surface area contributed by atoms with E-state index in [4.69, 9.17) is 4.42 Å². The summed E-state index contributed by atoms with van der Waals surface area (Å²) in [5.41, 5.74) is 1.43. The average Bonchev–Trinajstić information content (AvgIpc) is 2.78. The molecule has 0 amide bonds. The van der Waals surface area contributed by atoms with Gasteiger partial charge in [0.25, 0.3) is 0 Å². The van der Waals surface area contributed by atoms with E-state index in [9.17, 15) is 0 Å². The molecular formula is C13H19NO. The first kappa shape index (κ1) is 9.46. The zero-order chi connectivity index (χ0) is 10.1. The van der Waals surface area contributed by atoms with Gasteiger partial charge in [-0.2, -0.15) is 0 Å². The Hall–Kier alpha value is -0.760. The molecule has 1 aliphatic carbocycles. The van der Waals surface area contributed by atoms with Crippen LogP contribution < -0.4 is 5.32 Å². The van der Waals surface area contributed by atoms with Crippen LogP contribution in [0.3, 0.4) is 0 Å². The molecule has 1 aromatic heterocycles. The molecule has 2 heteroatoms. The summed E-state index contributed by atoms with van der Waals surface area (Å²) < 4.78 is 5.66. The van der Waals surface area contributed by atoms with Crippen molar-refractivity contribution in [2.45, 2.75) is 44.6 Å². The van der Waals surface area contributed by atoms with Gasteiger partial charge in [-0.3, -0.25) is 0 Å². The third-order valence-electron chi connectivity index (χ3n) is 3.94. The van der Waals surface area contributed by atoms with Gasteiger partial charge in [-0.15, -0.1) is 0 Å². The van der Waals surface area contributed by atoms with E-state index >= 15 is 0 Å². The molecule has 2 heterocycles. The second-order valence-electron chi connectivity index (χ2n) is 4.89. The van der Waals surface area contributed by atoms with E-state index < -0.39 is 0 Å². The molecule has 0 bridgehead atoms. The first-order valence-corrected chi connectivity index (χ1v) is 6.25. The second-order valence-corrected chi connectivity index (χ2v) is 4.89. The van der Waals surface area contributed by atoms with Crippen molar-refractivity contribution < 1.29 is 4.42 Å². The third kappa shape index (κ3) is 1.71. The fourth-order valence-corrected chi connectivity index (χ4v) is 3.13. The van der Waals surface area contributed by atoms with E-state index in [0.717, 1.165) is 18.9 Å². The molecule has 1 fully saturated rings. The molecule has 15 heavy (non-hydrogen) atoms. The monoisotopic (exact) mass is 205 g/mol. The number of nitrogens with one attached hydrogen (secondary N) is 1. The van der Waals surface area contributed by atoms with Gasteiger partial charge in [0.15, 0.2) is 0 Å². The van der Waals surface area contributed by atoms with Crippen molar-refractivity contribution in [3.05, 3.63) is 23.7 Å². The van der Waals surface area contributed by atoms with E-state index in [2.05, 4.69) is 11.4 Å². The Balaban J connectivity index is 1.82. The highest BCUT2D eigenvalue weighted by Gasteiger charge is 2.30.